The molecule has 0 aromatic rings. The molecule has 2 N–H and O–H groups in total. The van der Waals surface area contributed by atoms with Gasteiger partial charge in [-0.15, -0.1) is 0 Å². The number of nitrogens with one attached hydrogen (secondary N) is 1. The van der Waals surface area contributed by atoms with Gasteiger partial charge < -0.3 is 15.3 Å². The molecule has 0 radical (unpaired) electrons. The van der Waals surface area contributed by atoms with E-state index in [1.807, 2.05) is 0 Å². The second kappa shape index (κ2) is 8.35. The molecular weight excluding hydrogens is 248 g/mol. The summed E-state index contributed by atoms with van der Waals surface area (Å²) >= 11 is 0. The largest absolute Gasteiger partial charge is 0.394 e. The molecule has 1 heterocycles. The molecule has 3 heteroatoms. The molecule has 0 bridgehead atoms. The molecule has 0 aromatic heterocycles. The molecule has 1 aliphatic heterocycles. The quantitative estimate of drug-likeness (QED) is 0.673. The number of hydrogen-bond acceptors (Lipinski definition) is 3. The normalized spacial score (nSPS) is 27.8. The highest BCUT2D eigenvalue weighted by Crippen LogP contribution is 2.22. The van der Waals surface area contributed by atoms with Crippen molar-refractivity contribution in [1.29, 1.82) is 0 Å². The maximum Gasteiger partial charge on any atom is 0.0610 e. The van der Waals surface area contributed by atoms with Gasteiger partial charge in [-0.2, -0.15) is 0 Å². The lowest BCUT2D eigenvalue weighted by molar-refractivity contribution is 0.117. The van der Waals surface area contributed by atoms with E-state index in [4.69, 9.17) is 0 Å². The molecule has 0 amide bonds. The van der Waals surface area contributed by atoms with E-state index in [-0.39, 0.29) is 12.1 Å². The molecule has 1 saturated heterocycles. The molecular formula is C17H36N2O. The number of unbranched alkanes of at least 4 members (excludes halogenated alkanes) is 1. The number of likely N-dealkylation sites (tertiary alicyclic amines) is 1. The molecule has 1 aliphatic rings. The second-order valence-electron chi connectivity index (χ2n) is 7.50. The van der Waals surface area contributed by atoms with Crippen LogP contribution in [0, 0.1) is 5.92 Å². The van der Waals surface area contributed by atoms with Crippen LogP contribution >= 0.6 is 0 Å². The fourth-order valence-corrected chi connectivity index (χ4v) is 3.42. The van der Waals surface area contributed by atoms with Crippen LogP contribution < -0.4 is 5.32 Å². The van der Waals surface area contributed by atoms with Crippen molar-refractivity contribution in [3.05, 3.63) is 0 Å². The first-order valence-electron chi connectivity index (χ1n) is 8.49. The fraction of sp³-hybridized carbons (Fsp3) is 1.00. The molecule has 1 rings (SSSR count). The van der Waals surface area contributed by atoms with Gasteiger partial charge in [0, 0.05) is 24.2 Å². The summed E-state index contributed by atoms with van der Waals surface area (Å²) in [7, 11) is 0. The van der Waals surface area contributed by atoms with Crippen molar-refractivity contribution in [1.82, 2.24) is 10.2 Å². The zero-order valence-electron chi connectivity index (χ0n) is 14.3. The van der Waals surface area contributed by atoms with E-state index in [2.05, 4.69) is 44.8 Å². The molecule has 0 saturated carbocycles. The molecule has 0 aliphatic carbocycles. The molecule has 0 spiro atoms. The van der Waals surface area contributed by atoms with E-state index in [1.54, 1.807) is 0 Å². The Labute approximate surface area is 126 Å². The van der Waals surface area contributed by atoms with Gasteiger partial charge in [0.15, 0.2) is 0 Å². The van der Waals surface area contributed by atoms with Crippen molar-refractivity contribution in [2.75, 3.05) is 19.7 Å². The highest BCUT2D eigenvalue weighted by Gasteiger charge is 2.25. The van der Waals surface area contributed by atoms with Crippen LogP contribution in [0.4, 0.5) is 0 Å². The van der Waals surface area contributed by atoms with E-state index in [0.29, 0.717) is 6.04 Å². The lowest BCUT2D eigenvalue weighted by atomic mass is 9.93. The lowest BCUT2D eigenvalue weighted by Gasteiger charge is -2.37. The van der Waals surface area contributed by atoms with Gasteiger partial charge in [-0.1, -0.05) is 27.2 Å². The lowest BCUT2D eigenvalue weighted by Crippen LogP contribution is -2.49. The van der Waals surface area contributed by atoms with Gasteiger partial charge in [0.1, 0.15) is 0 Å². The molecule has 3 nitrogen and oxygen atoms in total. The summed E-state index contributed by atoms with van der Waals surface area (Å²) in [5, 5.41) is 13.1. The first kappa shape index (κ1) is 17.9. The average Bonchev–Trinajstić information content (AvgIpc) is 2.38. The van der Waals surface area contributed by atoms with Gasteiger partial charge in [-0.05, 0) is 52.0 Å². The van der Waals surface area contributed by atoms with Crippen molar-refractivity contribution in [2.24, 2.45) is 5.92 Å². The van der Waals surface area contributed by atoms with Crippen LogP contribution in [-0.2, 0) is 0 Å². The standard InChI is InChI=1S/C17H36N2O/c1-14(2)18-17(5,13-20)10-6-7-11-19-12-15(3)8-9-16(19)4/h14-16,18,20H,6-13H2,1-5H3. The Balaban J connectivity index is 2.26. The Morgan fingerprint density at radius 2 is 1.95 bits per heavy atom. The first-order valence-corrected chi connectivity index (χ1v) is 8.49. The van der Waals surface area contributed by atoms with Gasteiger partial charge >= 0.3 is 0 Å². The molecule has 0 aromatic carbocycles. The van der Waals surface area contributed by atoms with E-state index >= 15 is 0 Å². The van der Waals surface area contributed by atoms with E-state index in [9.17, 15) is 5.11 Å². The average molecular weight is 284 g/mol. The van der Waals surface area contributed by atoms with Gasteiger partial charge in [0.05, 0.1) is 6.61 Å². The molecule has 3 unspecified atom stereocenters. The number of aliphatic hydroxyl groups is 1. The molecule has 120 valence electrons. The molecule has 20 heavy (non-hydrogen) atoms. The zero-order valence-corrected chi connectivity index (χ0v) is 14.3. The van der Waals surface area contributed by atoms with Gasteiger partial charge in [-0.25, -0.2) is 0 Å². The highest BCUT2D eigenvalue weighted by molar-refractivity contribution is 4.84. The number of nitrogens with zero attached hydrogens (tertiary/aromatic N) is 1. The summed E-state index contributed by atoms with van der Waals surface area (Å²) in [4.78, 5) is 2.65. The van der Waals surface area contributed by atoms with Gasteiger partial charge in [-0.3, -0.25) is 0 Å². The summed E-state index contributed by atoms with van der Waals surface area (Å²) in [5.74, 6) is 0.858. The maximum atomic E-state index is 9.59. The van der Waals surface area contributed by atoms with E-state index in [0.717, 1.165) is 18.4 Å². The topological polar surface area (TPSA) is 35.5 Å². The van der Waals surface area contributed by atoms with E-state index in [1.165, 1.54) is 38.8 Å². The SMILES string of the molecule is CC1CCC(C)N(CCCCC(C)(CO)NC(C)C)C1. The number of rotatable bonds is 8. The third kappa shape index (κ3) is 6.11. The summed E-state index contributed by atoms with van der Waals surface area (Å²) < 4.78 is 0. The number of hydrogen-bond donors (Lipinski definition) is 2. The summed E-state index contributed by atoms with van der Waals surface area (Å²) in [6.07, 6.45) is 6.23. The maximum absolute atomic E-state index is 9.59. The first-order chi connectivity index (χ1) is 9.36. The smallest absolute Gasteiger partial charge is 0.0610 e. The Morgan fingerprint density at radius 1 is 1.25 bits per heavy atom. The van der Waals surface area contributed by atoms with Crippen molar-refractivity contribution in [3.8, 4) is 0 Å². The Kier molecular flexibility index (Phi) is 7.49. The summed E-state index contributed by atoms with van der Waals surface area (Å²) in [6, 6.07) is 1.18. The van der Waals surface area contributed by atoms with Crippen LogP contribution in [-0.4, -0.2) is 47.3 Å². The van der Waals surface area contributed by atoms with Crippen LogP contribution in [0.15, 0.2) is 0 Å². The fourth-order valence-electron chi connectivity index (χ4n) is 3.42. The van der Waals surface area contributed by atoms with E-state index < -0.39 is 0 Å². The minimum Gasteiger partial charge on any atom is -0.394 e. The third-order valence-corrected chi connectivity index (χ3v) is 4.66. The Hall–Kier alpha value is -0.120. The highest BCUT2D eigenvalue weighted by atomic mass is 16.3. The third-order valence-electron chi connectivity index (χ3n) is 4.66. The van der Waals surface area contributed by atoms with Crippen LogP contribution in [0.3, 0.4) is 0 Å². The zero-order chi connectivity index (χ0) is 15.2. The summed E-state index contributed by atoms with van der Waals surface area (Å²) in [6.45, 7) is 13.9. The minimum atomic E-state index is -0.116. The Morgan fingerprint density at radius 3 is 2.55 bits per heavy atom. The number of aliphatic hydroxyl groups excluding tert-OH is 1. The second-order valence-corrected chi connectivity index (χ2v) is 7.50. The predicted molar refractivity (Wildman–Crippen MR) is 87.0 cm³/mol. The Bertz CT molecular complexity index is 270. The molecule has 1 fully saturated rings. The predicted octanol–water partition coefficient (Wildman–Crippen LogP) is 3.03. The van der Waals surface area contributed by atoms with Crippen LogP contribution in [0.25, 0.3) is 0 Å². The van der Waals surface area contributed by atoms with Crippen molar-refractivity contribution < 1.29 is 5.11 Å². The minimum absolute atomic E-state index is 0.116. The van der Waals surface area contributed by atoms with Gasteiger partial charge in [0.2, 0.25) is 0 Å². The summed E-state index contributed by atoms with van der Waals surface area (Å²) in [5.41, 5.74) is -0.116. The van der Waals surface area contributed by atoms with Crippen LogP contribution in [0.5, 0.6) is 0 Å². The van der Waals surface area contributed by atoms with Crippen LogP contribution in [0.2, 0.25) is 0 Å². The van der Waals surface area contributed by atoms with Crippen LogP contribution in [0.1, 0.15) is 66.7 Å². The van der Waals surface area contributed by atoms with Crippen molar-refractivity contribution in [3.63, 3.8) is 0 Å². The van der Waals surface area contributed by atoms with Crippen molar-refractivity contribution in [2.45, 2.75) is 84.3 Å². The van der Waals surface area contributed by atoms with Gasteiger partial charge in [0.25, 0.3) is 0 Å². The molecule has 3 atom stereocenters. The van der Waals surface area contributed by atoms with Crippen molar-refractivity contribution >= 4 is 0 Å². The number of piperidine rings is 1. The monoisotopic (exact) mass is 284 g/mol.